The van der Waals surface area contributed by atoms with Crippen LogP contribution in [-0.4, -0.2) is 70.8 Å². The van der Waals surface area contributed by atoms with Crippen LogP contribution in [0.3, 0.4) is 0 Å². The van der Waals surface area contributed by atoms with Gasteiger partial charge in [0.05, 0.1) is 6.10 Å². The highest BCUT2D eigenvalue weighted by Gasteiger charge is 2.19. The zero-order valence-electron chi connectivity index (χ0n) is 38.7. The number of carbonyl (C=O) groups is 4. The minimum atomic E-state index is -1.10. The average Bonchev–Trinajstić information content (AvgIpc) is 3.11. The minimum absolute atomic E-state index is 0. The Morgan fingerprint density at radius 2 is 0.776 bits per heavy atom. The molecule has 0 saturated heterocycles. The third-order valence-electron chi connectivity index (χ3n) is 8.90. The summed E-state index contributed by atoms with van der Waals surface area (Å²) >= 11 is 0. The molecule has 348 valence electrons. The molecule has 0 heterocycles. The van der Waals surface area contributed by atoms with Gasteiger partial charge in [-0.1, -0.05) is 164 Å². The first-order valence-electron chi connectivity index (χ1n) is 22.9. The van der Waals surface area contributed by atoms with Crippen LogP contribution in [0.15, 0.2) is 0 Å². The Kier molecular flexibility index (Phi) is 45.6. The number of carbonyl (C=O) groups excluding carboxylic acids is 3. The van der Waals surface area contributed by atoms with Crippen LogP contribution in [0, 0.1) is 0 Å². The summed E-state index contributed by atoms with van der Waals surface area (Å²) in [6.07, 6.45) is 30.4. The van der Waals surface area contributed by atoms with E-state index in [-0.39, 0.29) is 32.1 Å². The molecule has 2 amide bonds. The van der Waals surface area contributed by atoms with Gasteiger partial charge in [-0.05, 0) is 80.1 Å². The highest BCUT2D eigenvalue weighted by molar-refractivity contribution is 5.78. The van der Waals surface area contributed by atoms with E-state index in [2.05, 4.69) is 38.3 Å². The Morgan fingerprint density at radius 1 is 0.483 bits per heavy atom. The third-order valence-corrected chi connectivity index (χ3v) is 8.90. The summed E-state index contributed by atoms with van der Waals surface area (Å²) in [5.74, 6) is -1.48. The molecule has 4 N–H and O–H groups in total. The van der Waals surface area contributed by atoms with Crippen molar-refractivity contribution >= 4 is 24.1 Å². The van der Waals surface area contributed by atoms with Gasteiger partial charge in [-0.25, -0.2) is 9.59 Å². The molecule has 0 aromatic heterocycles. The van der Waals surface area contributed by atoms with Crippen LogP contribution in [0.25, 0.3) is 0 Å². The number of esters is 1. The van der Waals surface area contributed by atoms with E-state index in [0.29, 0.717) is 0 Å². The number of carboxylic acids is 1. The van der Waals surface area contributed by atoms with Gasteiger partial charge in [0.25, 0.3) is 0 Å². The van der Waals surface area contributed by atoms with Crippen LogP contribution in [0.5, 0.6) is 0 Å². The lowest BCUT2D eigenvalue weighted by Crippen LogP contribution is -2.37. The Balaban J connectivity index is -0.000000413. The number of aliphatic hydroxyl groups is 1. The van der Waals surface area contributed by atoms with E-state index < -0.39 is 35.9 Å². The van der Waals surface area contributed by atoms with Crippen molar-refractivity contribution in [3.05, 3.63) is 0 Å². The maximum Gasteiger partial charge on any atom is 0.408 e. The average molecular weight is 833 g/mol. The maximum atomic E-state index is 12.1. The molecule has 2 atom stereocenters. The molecule has 2 unspecified atom stereocenters. The molecule has 58 heavy (non-hydrogen) atoms. The summed E-state index contributed by atoms with van der Waals surface area (Å²) < 4.78 is 15.6. The Bertz CT molecular complexity index is 947. The van der Waals surface area contributed by atoms with E-state index in [1.54, 1.807) is 41.5 Å². The second-order valence-electron chi connectivity index (χ2n) is 17.4. The topological polar surface area (TPSA) is 160 Å². The first-order chi connectivity index (χ1) is 26.9. The first-order valence-corrected chi connectivity index (χ1v) is 22.9. The monoisotopic (exact) mass is 833 g/mol. The van der Waals surface area contributed by atoms with Crippen molar-refractivity contribution in [3.8, 4) is 0 Å². The van der Waals surface area contributed by atoms with Crippen molar-refractivity contribution in [2.45, 2.75) is 267 Å². The molecule has 0 saturated carbocycles. The number of unbranched alkanes of at least 4 members (excludes halogenated alkanes) is 18. The molecule has 0 aliphatic carbocycles. The summed E-state index contributed by atoms with van der Waals surface area (Å²) in [6, 6.07) is 0. The second-order valence-corrected chi connectivity index (χ2v) is 17.4. The maximum absolute atomic E-state index is 12.1. The van der Waals surface area contributed by atoms with Gasteiger partial charge in [0, 0.05) is 0 Å². The SMILES string of the molecule is C.CC(C)(C)OC(=O)NCC(=O)O.CCCCCCCCC(CCCCCCC)OC(=O)CNC(=O)OC(C)(C)C.CCCCCCCCC(O)CCCCCCC. The standard InChI is InChI=1S/C23H45NO4.C16H34O.C7H13NO4.CH4/c1-6-8-10-12-14-16-18-20(17-15-13-11-9-7-2)27-21(25)19-24-22(26)28-23(3,4)5;1-3-5-7-9-11-13-15-16(17)14-12-10-8-6-4-2;1-7(2,3)12-6(11)8-4-5(9)10;/h20H,6-19H2,1-5H3,(H,24,26);16-17H,3-15H2,1-2H3;4H2,1-3H3,(H,8,11)(H,9,10);1H4. The summed E-state index contributed by atoms with van der Waals surface area (Å²) in [7, 11) is 0. The largest absolute Gasteiger partial charge is 0.480 e. The van der Waals surface area contributed by atoms with Crippen molar-refractivity contribution in [1.29, 1.82) is 0 Å². The van der Waals surface area contributed by atoms with Gasteiger partial charge in [-0.15, -0.1) is 0 Å². The van der Waals surface area contributed by atoms with Crippen LogP contribution in [0.2, 0.25) is 0 Å². The molecule has 0 aliphatic rings. The second kappa shape index (κ2) is 42.6. The number of nitrogens with one attached hydrogen (secondary N) is 2. The Morgan fingerprint density at radius 3 is 1.09 bits per heavy atom. The highest BCUT2D eigenvalue weighted by Crippen LogP contribution is 2.17. The number of carboxylic acid groups (broad SMARTS) is 1. The molecule has 11 nitrogen and oxygen atoms in total. The van der Waals surface area contributed by atoms with Crippen molar-refractivity contribution in [1.82, 2.24) is 10.6 Å². The number of hydrogen-bond acceptors (Lipinski definition) is 8. The number of amides is 2. The number of alkyl carbamates (subject to hydrolysis) is 2. The zero-order chi connectivity index (χ0) is 43.8. The summed E-state index contributed by atoms with van der Waals surface area (Å²) in [5, 5.41) is 22.6. The van der Waals surface area contributed by atoms with E-state index in [4.69, 9.17) is 19.3 Å². The molecular weight excluding hydrogens is 737 g/mol. The fraction of sp³-hybridized carbons (Fsp3) is 0.915. The van der Waals surface area contributed by atoms with Crippen LogP contribution < -0.4 is 10.6 Å². The van der Waals surface area contributed by atoms with Crippen LogP contribution in [0.4, 0.5) is 9.59 Å². The van der Waals surface area contributed by atoms with Gasteiger partial charge in [0.1, 0.15) is 30.4 Å². The molecule has 0 radical (unpaired) electrons. The van der Waals surface area contributed by atoms with Gasteiger partial charge >= 0.3 is 24.1 Å². The fourth-order valence-corrected chi connectivity index (χ4v) is 5.83. The highest BCUT2D eigenvalue weighted by atomic mass is 16.6. The van der Waals surface area contributed by atoms with Crippen molar-refractivity contribution in [2.75, 3.05) is 13.1 Å². The minimum Gasteiger partial charge on any atom is -0.480 e. The fourth-order valence-electron chi connectivity index (χ4n) is 5.83. The van der Waals surface area contributed by atoms with Crippen molar-refractivity contribution in [2.24, 2.45) is 0 Å². The van der Waals surface area contributed by atoms with E-state index in [1.165, 1.54) is 128 Å². The Labute approximate surface area is 357 Å². The molecule has 0 fully saturated rings. The molecule has 0 aromatic carbocycles. The normalized spacial score (nSPS) is 12.0. The quantitative estimate of drug-likeness (QED) is 0.0303. The summed E-state index contributed by atoms with van der Waals surface area (Å²) in [5.41, 5.74) is -1.17. The first kappa shape index (κ1) is 62.1. The zero-order valence-corrected chi connectivity index (χ0v) is 38.7. The predicted molar refractivity (Wildman–Crippen MR) is 241 cm³/mol. The van der Waals surface area contributed by atoms with Gasteiger partial charge in [-0.2, -0.15) is 0 Å². The smallest absolute Gasteiger partial charge is 0.408 e. The van der Waals surface area contributed by atoms with Gasteiger partial charge in [0.15, 0.2) is 0 Å². The Hall–Kier alpha value is -2.56. The van der Waals surface area contributed by atoms with Crippen LogP contribution >= 0.6 is 0 Å². The van der Waals surface area contributed by atoms with E-state index >= 15 is 0 Å². The molecule has 0 aliphatic heterocycles. The molecule has 11 heteroatoms. The van der Waals surface area contributed by atoms with Crippen molar-refractivity contribution in [3.63, 3.8) is 0 Å². The summed E-state index contributed by atoms with van der Waals surface area (Å²) in [4.78, 5) is 44.6. The number of rotatable bonds is 31. The van der Waals surface area contributed by atoms with Crippen molar-refractivity contribution < 1.29 is 43.6 Å². The van der Waals surface area contributed by atoms with Crippen LogP contribution in [0.1, 0.15) is 244 Å². The molecule has 0 aromatic rings. The number of ether oxygens (including phenoxy) is 3. The van der Waals surface area contributed by atoms with E-state index in [0.717, 1.165) is 38.5 Å². The summed E-state index contributed by atoms with van der Waals surface area (Å²) in [6.45, 7) is 18.8. The van der Waals surface area contributed by atoms with Gasteiger partial charge < -0.3 is 35.1 Å². The van der Waals surface area contributed by atoms with E-state index in [9.17, 15) is 24.3 Å². The number of hydrogen-bond donors (Lipinski definition) is 4. The molecule has 0 bridgehead atoms. The van der Waals surface area contributed by atoms with Crippen LogP contribution in [-0.2, 0) is 23.8 Å². The van der Waals surface area contributed by atoms with E-state index in [1.807, 2.05) is 0 Å². The van der Waals surface area contributed by atoms with Gasteiger partial charge in [0.2, 0.25) is 0 Å². The molecule has 0 rings (SSSR count). The predicted octanol–water partition coefficient (Wildman–Crippen LogP) is 13.2. The lowest BCUT2D eigenvalue weighted by molar-refractivity contribution is -0.148. The lowest BCUT2D eigenvalue weighted by Gasteiger charge is -2.21. The lowest BCUT2D eigenvalue weighted by atomic mass is 10.0. The number of aliphatic hydroxyl groups excluding tert-OH is 1. The third kappa shape index (κ3) is 55.5. The molecule has 0 spiro atoms. The molecular formula is C47H96N2O9. The van der Waals surface area contributed by atoms with Gasteiger partial charge in [-0.3, -0.25) is 9.59 Å². The number of aliphatic carboxylic acids is 1.